The fourth-order valence-corrected chi connectivity index (χ4v) is 4.35. The highest BCUT2D eigenvalue weighted by molar-refractivity contribution is 5.46. The van der Waals surface area contributed by atoms with E-state index in [9.17, 15) is 10.2 Å². The molecule has 0 saturated heterocycles. The second kappa shape index (κ2) is 22.7. The number of hydrogen-bond donors (Lipinski definition) is 2. The summed E-state index contributed by atoms with van der Waals surface area (Å²) in [5, 5.41) is 19.0. The quantitative estimate of drug-likeness (QED) is 0.216. The maximum atomic E-state index is 9.57. The summed E-state index contributed by atoms with van der Waals surface area (Å²) in [5.74, 6) is 2.94. The van der Waals surface area contributed by atoms with Crippen LogP contribution in [0.4, 0.5) is 0 Å². The number of allylic oxidation sites excluding steroid dienone is 2. The molecule has 0 aliphatic rings. The Bertz CT molecular complexity index is 1100. The lowest BCUT2D eigenvalue weighted by Gasteiger charge is -2.32. The van der Waals surface area contributed by atoms with E-state index in [2.05, 4.69) is 46.8 Å². The lowest BCUT2D eigenvalue weighted by molar-refractivity contribution is 0.0358. The van der Waals surface area contributed by atoms with Gasteiger partial charge in [-0.3, -0.25) is 0 Å². The minimum Gasteiger partial charge on any atom is -0.490 e. The highest BCUT2D eigenvalue weighted by Gasteiger charge is 2.29. The maximum absolute atomic E-state index is 9.57. The van der Waals surface area contributed by atoms with Crippen LogP contribution < -0.4 is 14.2 Å². The third-order valence-corrected chi connectivity index (χ3v) is 7.98. The first-order valence-electron chi connectivity index (χ1n) is 16.7. The van der Waals surface area contributed by atoms with Crippen molar-refractivity contribution in [2.75, 3.05) is 26.4 Å². The zero-order valence-electron chi connectivity index (χ0n) is 31.7. The first kappa shape index (κ1) is 44.4. The van der Waals surface area contributed by atoms with Crippen LogP contribution >= 0.6 is 0 Å². The molecule has 5 heteroatoms. The lowest BCUT2D eigenvalue weighted by Crippen LogP contribution is -2.35. The Kier molecular flexibility index (Phi) is 22.4. The molecule has 0 saturated carbocycles. The molecule has 2 atom stereocenters. The van der Waals surface area contributed by atoms with Crippen molar-refractivity contribution in [3.8, 4) is 17.2 Å². The average Bonchev–Trinajstić information content (AvgIpc) is 3.01. The van der Waals surface area contributed by atoms with Gasteiger partial charge in [0, 0.05) is 12.0 Å². The molecule has 2 aromatic carbocycles. The first-order valence-corrected chi connectivity index (χ1v) is 16.7. The van der Waals surface area contributed by atoms with Gasteiger partial charge in [-0.2, -0.15) is 0 Å². The molecule has 0 aromatic heterocycles. The standard InChI is InChI=1S/C18H28O3.C18H28O2.2C2H6/c1-7-8-9-20-16-10-13(2)17(14(3)11-16)21-15(4)18(5,6)12-19;1-7-8-9-20-16-10-13(2)17(14(3)11-16)15(4)18(5,6)12-19;2*1-2/h7-8,10-11,15,19H,9,12H2,1-6H3;7-8,10-11,15,19H,9,12H2,1-6H3;2*1-2H3/b2*8-7+;;. The minimum absolute atomic E-state index is 0.0744. The highest BCUT2D eigenvalue weighted by Crippen LogP contribution is 2.39. The molecular formula is C40H68O5. The molecule has 2 rings (SSSR count). The van der Waals surface area contributed by atoms with E-state index >= 15 is 0 Å². The van der Waals surface area contributed by atoms with Crippen molar-refractivity contribution in [2.45, 2.75) is 123 Å². The molecule has 2 N–H and O–H groups in total. The Morgan fingerprint density at radius 2 is 1.00 bits per heavy atom. The van der Waals surface area contributed by atoms with Gasteiger partial charge in [0.05, 0.1) is 6.61 Å². The Morgan fingerprint density at radius 3 is 1.33 bits per heavy atom. The van der Waals surface area contributed by atoms with Gasteiger partial charge in [-0.25, -0.2) is 0 Å². The molecule has 0 radical (unpaired) electrons. The van der Waals surface area contributed by atoms with E-state index in [0.717, 1.165) is 28.4 Å². The summed E-state index contributed by atoms with van der Waals surface area (Å²) in [6.45, 7) is 34.1. The smallest absolute Gasteiger partial charge is 0.125 e. The van der Waals surface area contributed by atoms with Gasteiger partial charge in [-0.15, -0.1) is 0 Å². The van der Waals surface area contributed by atoms with Crippen molar-refractivity contribution in [3.63, 3.8) is 0 Å². The van der Waals surface area contributed by atoms with Crippen molar-refractivity contribution >= 4 is 0 Å². The van der Waals surface area contributed by atoms with Gasteiger partial charge >= 0.3 is 0 Å². The van der Waals surface area contributed by atoms with Crippen LogP contribution in [0.25, 0.3) is 0 Å². The predicted octanol–water partition coefficient (Wildman–Crippen LogP) is 10.5. The van der Waals surface area contributed by atoms with Crippen LogP contribution in [0.2, 0.25) is 0 Å². The van der Waals surface area contributed by atoms with Crippen LogP contribution in [0.5, 0.6) is 17.2 Å². The number of aliphatic hydroxyl groups is 2. The Hall–Kier alpha value is -2.76. The molecule has 2 unspecified atom stereocenters. The first-order chi connectivity index (χ1) is 21.1. The van der Waals surface area contributed by atoms with E-state index in [1.165, 1.54) is 16.7 Å². The van der Waals surface area contributed by atoms with Crippen molar-refractivity contribution < 1.29 is 24.4 Å². The second-order valence-electron chi connectivity index (χ2n) is 12.4. The molecule has 2 aromatic rings. The number of rotatable bonds is 13. The van der Waals surface area contributed by atoms with Crippen LogP contribution in [-0.4, -0.2) is 42.7 Å². The average molecular weight is 629 g/mol. The van der Waals surface area contributed by atoms with Crippen molar-refractivity contribution in [3.05, 3.63) is 76.4 Å². The summed E-state index contributed by atoms with van der Waals surface area (Å²) in [7, 11) is 0. The fraction of sp³-hybridized carbons (Fsp3) is 0.600. The summed E-state index contributed by atoms with van der Waals surface area (Å²) in [4.78, 5) is 0. The molecule has 258 valence electrons. The second-order valence-corrected chi connectivity index (χ2v) is 12.4. The van der Waals surface area contributed by atoms with Gasteiger partial charge in [-0.05, 0) is 112 Å². The molecule has 5 nitrogen and oxygen atoms in total. The van der Waals surface area contributed by atoms with Gasteiger partial charge in [0.25, 0.3) is 0 Å². The van der Waals surface area contributed by atoms with Crippen LogP contribution in [0.15, 0.2) is 48.6 Å². The molecule has 0 heterocycles. The van der Waals surface area contributed by atoms with Gasteiger partial charge < -0.3 is 24.4 Å². The van der Waals surface area contributed by atoms with Crippen molar-refractivity contribution in [1.29, 1.82) is 0 Å². The summed E-state index contributed by atoms with van der Waals surface area (Å²) in [5.41, 5.74) is 5.48. The highest BCUT2D eigenvalue weighted by atomic mass is 16.5. The van der Waals surface area contributed by atoms with Gasteiger partial charge in [0.1, 0.15) is 36.6 Å². The molecular weight excluding hydrogens is 560 g/mol. The Balaban J connectivity index is 0. The monoisotopic (exact) mass is 629 g/mol. The minimum atomic E-state index is -0.278. The molecule has 0 aliphatic carbocycles. The van der Waals surface area contributed by atoms with E-state index in [1.807, 2.05) is 113 Å². The summed E-state index contributed by atoms with van der Waals surface area (Å²) in [6, 6.07) is 8.17. The van der Waals surface area contributed by atoms with E-state index in [-0.39, 0.29) is 30.1 Å². The van der Waals surface area contributed by atoms with E-state index < -0.39 is 0 Å². The number of aryl methyl sites for hydroxylation is 4. The normalized spacial score (nSPS) is 12.7. The number of benzene rings is 2. The van der Waals surface area contributed by atoms with Gasteiger partial charge in [0.15, 0.2) is 0 Å². The van der Waals surface area contributed by atoms with Crippen LogP contribution in [0.3, 0.4) is 0 Å². The zero-order valence-corrected chi connectivity index (χ0v) is 31.7. The summed E-state index contributed by atoms with van der Waals surface area (Å²) >= 11 is 0. The predicted molar refractivity (Wildman–Crippen MR) is 195 cm³/mol. The zero-order chi connectivity index (χ0) is 35.4. The van der Waals surface area contributed by atoms with Gasteiger partial charge in [-0.1, -0.05) is 86.6 Å². The number of ether oxygens (including phenoxy) is 3. The Morgan fingerprint density at radius 1 is 0.644 bits per heavy atom. The third kappa shape index (κ3) is 14.9. The summed E-state index contributed by atoms with van der Waals surface area (Å²) < 4.78 is 17.5. The third-order valence-electron chi connectivity index (χ3n) is 7.98. The summed E-state index contributed by atoms with van der Waals surface area (Å²) in [6.07, 6.45) is 7.85. The van der Waals surface area contributed by atoms with Crippen LogP contribution in [0.1, 0.15) is 117 Å². The SMILES string of the molecule is C/C=C/COc1cc(C)c(C(C)C(C)(C)CO)c(C)c1.C/C=C/COc1cc(C)c(OC(C)C(C)(C)CO)c(C)c1.CC.CC. The van der Waals surface area contributed by atoms with E-state index in [4.69, 9.17) is 14.2 Å². The molecule has 0 aliphatic heterocycles. The lowest BCUT2D eigenvalue weighted by atomic mass is 9.74. The molecule has 45 heavy (non-hydrogen) atoms. The molecule has 0 bridgehead atoms. The van der Waals surface area contributed by atoms with Crippen molar-refractivity contribution in [1.82, 2.24) is 0 Å². The topological polar surface area (TPSA) is 68.2 Å². The molecule has 0 amide bonds. The van der Waals surface area contributed by atoms with Crippen LogP contribution in [0, 0.1) is 38.5 Å². The largest absolute Gasteiger partial charge is 0.490 e. The number of aliphatic hydroxyl groups excluding tert-OH is 2. The molecule has 0 spiro atoms. The van der Waals surface area contributed by atoms with Crippen LogP contribution in [-0.2, 0) is 0 Å². The molecule has 0 fully saturated rings. The maximum Gasteiger partial charge on any atom is 0.125 e. The van der Waals surface area contributed by atoms with E-state index in [1.54, 1.807) is 0 Å². The Labute approximate surface area is 277 Å². The van der Waals surface area contributed by atoms with Gasteiger partial charge in [0.2, 0.25) is 0 Å². The van der Waals surface area contributed by atoms with Crippen molar-refractivity contribution in [2.24, 2.45) is 10.8 Å². The fourth-order valence-electron chi connectivity index (χ4n) is 4.35. The van der Waals surface area contributed by atoms with E-state index in [0.29, 0.717) is 19.1 Å². The number of hydrogen-bond acceptors (Lipinski definition) is 5.